The van der Waals surface area contributed by atoms with Crippen LogP contribution in [0.4, 0.5) is 5.69 Å². The highest BCUT2D eigenvalue weighted by Gasteiger charge is 2.02. The molecule has 0 unspecified atom stereocenters. The van der Waals surface area contributed by atoms with Gasteiger partial charge >= 0.3 is 0 Å². The summed E-state index contributed by atoms with van der Waals surface area (Å²) in [7, 11) is 0. The van der Waals surface area contributed by atoms with Crippen LogP contribution in [0.3, 0.4) is 0 Å². The first kappa shape index (κ1) is 12.2. The van der Waals surface area contributed by atoms with E-state index in [9.17, 15) is 0 Å². The topological polar surface area (TPSA) is 29.9 Å². The fourth-order valence-electron chi connectivity index (χ4n) is 2.03. The minimum Gasteiger partial charge on any atom is -0.379 e. The number of hydrogen-bond donors (Lipinski definition) is 1. The summed E-state index contributed by atoms with van der Waals surface area (Å²) in [6, 6.07) is 11.1. The van der Waals surface area contributed by atoms with E-state index in [0.29, 0.717) is 6.04 Å². The Balaban J connectivity index is 1.70. The van der Waals surface area contributed by atoms with Gasteiger partial charge in [-0.15, -0.1) is 11.3 Å². The fraction of sp³-hybridized carbons (Fsp3) is 0.267. The highest BCUT2D eigenvalue weighted by molar-refractivity contribution is 7.17. The van der Waals surface area contributed by atoms with Gasteiger partial charge in [0, 0.05) is 22.6 Å². The number of thiophene rings is 1. The zero-order chi connectivity index (χ0) is 13.2. The number of hydrogen-bond acceptors (Lipinski definition) is 3. The lowest BCUT2D eigenvalue weighted by atomic mass is 10.2. The lowest BCUT2D eigenvalue weighted by Crippen LogP contribution is -2.04. The van der Waals surface area contributed by atoms with Gasteiger partial charge in [0.25, 0.3) is 0 Å². The summed E-state index contributed by atoms with van der Waals surface area (Å²) in [6.07, 6.45) is 2.03. The molecule has 0 amide bonds. The molecule has 0 aliphatic rings. The van der Waals surface area contributed by atoms with Gasteiger partial charge in [0.05, 0.1) is 12.2 Å². The van der Waals surface area contributed by atoms with Gasteiger partial charge in [0.2, 0.25) is 0 Å². The molecule has 1 aromatic carbocycles. The molecule has 19 heavy (non-hydrogen) atoms. The van der Waals surface area contributed by atoms with E-state index in [0.717, 1.165) is 17.9 Å². The molecular formula is C15H17N3S. The van der Waals surface area contributed by atoms with E-state index in [4.69, 9.17) is 0 Å². The number of nitrogens with one attached hydrogen (secondary N) is 1. The Bertz CT molecular complexity index is 681. The van der Waals surface area contributed by atoms with Crippen LogP contribution in [-0.2, 0) is 6.54 Å². The minimum atomic E-state index is 0.413. The van der Waals surface area contributed by atoms with Gasteiger partial charge in [-0.1, -0.05) is 0 Å². The Hall–Kier alpha value is -1.81. The maximum atomic E-state index is 4.53. The van der Waals surface area contributed by atoms with Crippen molar-refractivity contribution in [2.45, 2.75) is 26.4 Å². The molecule has 98 valence electrons. The van der Waals surface area contributed by atoms with Crippen molar-refractivity contribution in [3.05, 3.63) is 47.6 Å². The quantitative estimate of drug-likeness (QED) is 0.767. The van der Waals surface area contributed by atoms with Crippen LogP contribution in [0.25, 0.3) is 10.1 Å². The molecule has 0 aliphatic heterocycles. The van der Waals surface area contributed by atoms with E-state index in [1.165, 1.54) is 10.1 Å². The van der Waals surface area contributed by atoms with Crippen molar-refractivity contribution < 1.29 is 0 Å². The van der Waals surface area contributed by atoms with Crippen LogP contribution in [0, 0.1) is 0 Å². The Kier molecular flexibility index (Phi) is 3.25. The Morgan fingerprint density at radius 3 is 2.95 bits per heavy atom. The Morgan fingerprint density at radius 2 is 2.16 bits per heavy atom. The molecule has 3 nitrogen and oxygen atoms in total. The number of fused-ring (bicyclic) bond motifs is 1. The van der Waals surface area contributed by atoms with Crippen molar-refractivity contribution in [1.82, 2.24) is 9.78 Å². The number of nitrogens with zero attached hydrogens (tertiary/aromatic N) is 2. The van der Waals surface area contributed by atoms with E-state index >= 15 is 0 Å². The van der Waals surface area contributed by atoms with Gasteiger partial charge < -0.3 is 5.32 Å². The molecule has 1 N–H and O–H groups in total. The number of rotatable bonds is 4. The van der Waals surface area contributed by atoms with Gasteiger partial charge in [-0.25, -0.2) is 0 Å². The van der Waals surface area contributed by atoms with Crippen molar-refractivity contribution in [3.8, 4) is 0 Å². The third-order valence-electron chi connectivity index (χ3n) is 3.12. The molecule has 0 saturated heterocycles. The van der Waals surface area contributed by atoms with Gasteiger partial charge in [-0.2, -0.15) is 5.10 Å². The second kappa shape index (κ2) is 5.05. The van der Waals surface area contributed by atoms with Crippen molar-refractivity contribution in [3.63, 3.8) is 0 Å². The van der Waals surface area contributed by atoms with Crippen molar-refractivity contribution >= 4 is 27.1 Å². The number of aromatic nitrogens is 2. The average Bonchev–Trinajstić information content (AvgIpc) is 3.04. The van der Waals surface area contributed by atoms with Crippen molar-refractivity contribution in [2.24, 2.45) is 0 Å². The second-order valence-corrected chi connectivity index (χ2v) is 5.86. The van der Waals surface area contributed by atoms with Crippen LogP contribution in [0.5, 0.6) is 0 Å². The summed E-state index contributed by atoms with van der Waals surface area (Å²) in [5.41, 5.74) is 2.21. The van der Waals surface area contributed by atoms with Crippen molar-refractivity contribution in [1.29, 1.82) is 0 Å². The van der Waals surface area contributed by atoms with Crippen LogP contribution in [0.1, 0.15) is 25.6 Å². The molecule has 0 fully saturated rings. The minimum absolute atomic E-state index is 0.413. The van der Waals surface area contributed by atoms with E-state index in [1.54, 1.807) is 11.3 Å². The van der Waals surface area contributed by atoms with Crippen LogP contribution in [-0.4, -0.2) is 9.78 Å². The molecule has 2 heterocycles. The molecule has 2 aromatic heterocycles. The molecular weight excluding hydrogens is 254 g/mol. The summed E-state index contributed by atoms with van der Waals surface area (Å²) in [5.74, 6) is 0. The standard InChI is InChI=1S/C15H17N3S/c1-11(2)18-7-5-14(17-18)10-16-13-3-4-15-12(9-13)6-8-19-15/h3-9,11,16H,10H2,1-2H3. The maximum absolute atomic E-state index is 4.53. The summed E-state index contributed by atoms with van der Waals surface area (Å²) >= 11 is 1.77. The van der Waals surface area contributed by atoms with Crippen LogP contribution in [0.15, 0.2) is 41.9 Å². The summed E-state index contributed by atoms with van der Waals surface area (Å²) in [4.78, 5) is 0. The normalized spacial score (nSPS) is 11.3. The van der Waals surface area contributed by atoms with Crippen LogP contribution < -0.4 is 5.32 Å². The van der Waals surface area contributed by atoms with E-state index in [1.807, 2.05) is 10.9 Å². The lowest BCUT2D eigenvalue weighted by molar-refractivity contribution is 0.527. The van der Waals surface area contributed by atoms with Crippen LogP contribution >= 0.6 is 11.3 Å². The smallest absolute Gasteiger partial charge is 0.0815 e. The first-order valence-electron chi connectivity index (χ1n) is 6.47. The fourth-order valence-corrected chi connectivity index (χ4v) is 2.80. The molecule has 0 atom stereocenters. The molecule has 0 saturated carbocycles. The number of benzene rings is 1. The van der Waals surface area contributed by atoms with Gasteiger partial charge in [0.15, 0.2) is 0 Å². The van der Waals surface area contributed by atoms with Gasteiger partial charge in [-0.05, 0) is 54.9 Å². The van der Waals surface area contributed by atoms with Gasteiger partial charge in [-0.3, -0.25) is 4.68 Å². The first-order chi connectivity index (χ1) is 9.22. The van der Waals surface area contributed by atoms with E-state index < -0.39 is 0 Å². The third kappa shape index (κ3) is 2.63. The van der Waals surface area contributed by atoms with Crippen LogP contribution in [0.2, 0.25) is 0 Å². The first-order valence-corrected chi connectivity index (χ1v) is 7.35. The predicted molar refractivity (Wildman–Crippen MR) is 81.8 cm³/mol. The highest BCUT2D eigenvalue weighted by atomic mass is 32.1. The molecule has 0 bridgehead atoms. The Labute approximate surface area is 116 Å². The largest absolute Gasteiger partial charge is 0.379 e. The predicted octanol–water partition coefficient (Wildman–Crippen LogP) is 4.29. The molecule has 0 aliphatic carbocycles. The zero-order valence-corrected chi connectivity index (χ0v) is 11.9. The third-order valence-corrected chi connectivity index (χ3v) is 4.02. The average molecular weight is 271 g/mol. The molecule has 3 rings (SSSR count). The molecule has 3 aromatic rings. The number of anilines is 1. The lowest BCUT2D eigenvalue weighted by Gasteiger charge is -2.06. The SMILES string of the molecule is CC(C)n1ccc(CNc2ccc3sccc3c2)n1. The molecule has 0 radical (unpaired) electrons. The second-order valence-electron chi connectivity index (χ2n) is 4.91. The molecule has 4 heteroatoms. The highest BCUT2D eigenvalue weighted by Crippen LogP contribution is 2.24. The van der Waals surface area contributed by atoms with Gasteiger partial charge in [0.1, 0.15) is 0 Å². The van der Waals surface area contributed by atoms with E-state index in [-0.39, 0.29) is 0 Å². The van der Waals surface area contributed by atoms with Crippen molar-refractivity contribution in [2.75, 3.05) is 5.32 Å². The summed E-state index contributed by atoms with van der Waals surface area (Å²) < 4.78 is 3.31. The summed E-state index contributed by atoms with van der Waals surface area (Å²) in [5, 5.41) is 11.4. The van der Waals surface area contributed by atoms with E-state index in [2.05, 4.69) is 60.0 Å². The monoisotopic (exact) mass is 271 g/mol. The Morgan fingerprint density at radius 1 is 1.26 bits per heavy atom. The molecule has 0 spiro atoms. The maximum Gasteiger partial charge on any atom is 0.0815 e. The zero-order valence-electron chi connectivity index (χ0n) is 11.1. The summed E-state index contributed by atoms with van der Waals surface area (Å²) in [6.45, 7) is 5.03.